The maximum atomic E-state index is 12.1. The van der Waals surface area contributed by atoms with E-state index >= 15 is 0 Å². The second-order valence-electron chi connectivity index (χ2n) is 5.13. The summed E-state index contributed by atoms with van der Waals surface area (Å²) in [6.07, 6.45) is 2.21. The Labute approximate surface area is 121 Å². The Kier molecular flexibility index (Phi) is 3.43. The van der Waals surface area contributed by atoms with E-state index in [0.717, 1.165) is 30.8 Å². The number of aromatic amines is 1. The molecule has 1 aliphatic rings. The zero-order valence-electron chi connectivity index (χ0n) is 11.7. The average molecular weight is 284 g/mol. The van der Waals surface area contributed by atoms with Gasteiger partial charge in [0.2, 0.25) is 0 Å². The molecule has 1 aromatic heterocycles. The molecule has 0 aliphatic carbocycles. The van der Waals surface area contributed by atoms with Gasteiger partial charge in [-0.15, -0.1) is 0 Å². The number of hydrogen-bond donors (Lipinski definition) is 2. The van der Waals surface area contributed by atoms with Gasteiger partial charge in [0.1, 0.15) is 5.69 Å². The topological polar surface area (TPSA) is 78.1 Å². The number of amides is 1. The summed E-state index contributed by atoms with van der Waals surface area (Å²) in [5.41, 5.74) is 3.01. The van der Waals surface area contributed by atoms with Gasteiger partial charge in [0, 0.05) is 31.0 Å². The van der Waals surface area contributed by atoms with Crippen LogP contribution in [0.5, 0.6) is 0 Å². The van der Waals surface area contributed by atoms with Crippen LogP contribution in [0.2, 0.25) is 0 Å². The van der Waals surface area contributed by atoms with Crippen LogP contribution in [0.25, 0.3) is 0 Å². The lowest BCUT2D eigenvalue weighted by atomic mass is 10.0. The first kappa shape index (κ1) is 13.4. The van der Waals surface area contributed by atoms with E-state index in [1.807, 2.05) is 25.2 Å². The number of carbonyl (C=O) groups is 1. The fourth-order valence-electron chi connectivity index (χ4n) is 2.50. The molecule has 6 nitrogen and oxygen atoms in total. The molecule has 0 fully saturated rings. The van der Waals surface area contributed by atoms with Gasteiger partial charge in [0.05, 0.1) is 0 Å². The van der Waals surface area contributed by atoms with Crippen molar-refractivity contribution in [2.45, 2.75) is 12.8 Å². The van der Waals surface area contributed by atoms with Crippen molar-refractivity contribution in [3.63, 3.8) is 0 Å². The molecule has 0 atom stereocenters. The molecule has 1 aromatic carbocycles. The first-order chi connectivity index (χ1) is 10.1. The van der Waals surface area contributed by atoms with Crippen molar-refractivity contribution in [2.75, 3.05) is 23.8 Å². The third-order valence-corrected chi connectivity index (χ3v) is 3.61. The van der Waals surface area contributed by atoms with Crippen molar-refractivity contribution in [1.82, 2.24) is 10.2 Å². The standard InChI is InChI=1S/C15H16N4O2/c1-19-8-2-3-10-4-5-11(9-13(10)19)16-15(21)12-6-7-14(20)18-17-12/h4-7,9H,2-3,8H2,1H3,(H,16,21)(H,18,20). The lowest BCUT2D eigenvalue weighted by Gasteiger charge is -2.28. The average Bonchev–Trinajstić information content (AvgIpc) is 2.49. The molecule has 1 aliphatic heterocycles. The molecule has 0 saturated carbocycles. The summed E-state index contributed by atoms with van der Waals surface area (Å²) in [6, 6.07) is 8.59. The van der Waals surface area contributed by atoms with Crippen LogP contribution in [0.3, 0.4) is 0 Å². The third-order valence-electron chi connectivity index (χ3n) is 3.61. The number of H-pyrrole nitrogens is 1. The summed E-state index contributed by atoms with van der Waals surface area (Å²) in [5.74, 6) is -0.343. The predicted molar refractivity (Wildman–Crippen MR) is 80.8 cm³/mol. The molecule has 0 spiro atoms. The molecule has 0 saturated heterocycles. The van der Waals surface area contributed by atoms with Crippen LogP contribution in [-0.4, -0.2) is 29.7 Å². The second kappa shape index (κ2) is 5.40. The van der Waals surface area contributed by atoms with Gasteiger partial charge in [0.25, 0.3) is 11.5 Å². The Hall–Kier alpha value is -2.63. The molecular formula is C15H16N4O2. The number of aromatic nitrogens is 2. The highest BCUT2D eigenvalue weighted by molar-refractivity contribution is 6.03. The number of fused-ring (bicyclic) bond motifs is 1. The van der Waals surface area contributed by atoms with Crippen LogP contribution in [0, 0.1) is 0 Å². The molecule has 3 rings (SSSR count). The Balaban J connectivity index is 1.82. The summed E-state index contributed by atoms with van der Waals surface area (Å²) < 4.78 is 0. The fraction of sp³-hybridized carbons (Fsp3) is 0.267. The Morgan fingerprint density at radius 2 is 2.19 bits per heavy atom. The first-order valence-corrected chi connectivity index (χ1v) is 6.84. The van der Waals surface area contributed by atoms with Gasteiger partial charge in [0.15, 0.2) is 0 Å². The quantitative estimate of drug-likeness (QED) is 0.874. The molecule has 0 bridgehead atoms. The summed E-state index contributed by atoms with van der Waals surface area (Å²) in [4.78, 5) is 25.2. The largest absolute Gasteiger partial charge is 0.374 e. The molecule has 2 N–H and O–H groups in total. The number of aryl methyl sites for hydroxylation is 1. The number of nitrogens with zero attached hydrogens (tertiary/aromatic N) is 2. The van der Waals surface area contributed by atoms with E-state index in [1.165, 1.54) is 17.7 Å². The van der Waals surface area contributed by atoms with E-state index in [4.69, 9.17) is 0 Å². The SMILES string of the molecule is CN1CCCc2ccc(NC(=O)c3ccc(=O)[nH]n3)cc21. The molecule has 108 valence electrons. The Morgan fingerprint density at radius 3 is 2.95 bits per heavy atom. The van der Waals surface area contributed by atoms with Gasteiger partial charge in [-0.3, -0.25) is 9.59 Å². The van der Waals surface area contributed by atoms with Gasteiger partial charge in [-0.25, -0.2) is 5.10 Å². The van der Waals surface area contributed by atoms with Gasteiger partial charge >= 0.3 is 0 Å². The number of carbonyl (C=O) groups excluding carboxylic acids is 1. The van der Waals surface area contributed by atoms with E-state index in [9.17, 15) is 9.59 Å². The summed E-state index contributed by atoms with van der Waals surface area (Å²) in [6.45, 7) is 1.02. The summed E-state index contributed by atoms with van der Waals surface area (Å²) in [5, 5.41) is 8.76. The molecule has 2 heterocycles. The maximum Gasteiger partial charge on any atom is 0.276 e. The molecule has 2 aromatic rings. The lowest BCUT2D eigenvalue weighted by Crippen LogP contribution is -2.25. The number of nitrogens with one attached hydrogen (secondary N) is 2. The minimum Gasteiger partial charge on any atom is -0.374 e. The van der Waals surface area contributed by atoms with Gasteiger partial charge < -0.3 is 10.2 Å². The van der Waals surface area contributed by atoms with E-state index in [0.29, 0.717) is 0 Å². The second-order valence-corrected chi connectivity index (χ2v) is 5.13. The zero-order chi connectivity index (χ0) is 14.8. The predicted octanol–water partition coefficient (Wildman–Crippen LogP) is 1.40. The molecule has 21 heavy (non-hydrogen) atoms. The number of rotatable bonds is 2. The van der Waals surface area contributed by atoms with Crippen molar-refractivity contribution in [3.8, 4) is 0 Å². The van der Waals surface area contributed by atoms with E-state index < -0.39 is 0 Å². The van der Waals surface area contributed by atoms with Gasteiger partial charge in [-0.05, 0) is 36.6 Å². The van der Waals surface area contributed by atoms with Crippen molar-refractivity contribution >= 4 is 17.3 Å². The van der Waals surface area contributed by atoms with E-state index in [1.54, 1.807) is 0 Å². The number of benzene rings is 1. The van der Waals surface area contributed by atoms with Gasteiger partial charge in [-0.1, -0.05) is 6.07 Å². The zero-order valence-corrected chi connectivity index (χ0v) is 11.7. The van der Waals surface area contributed by atoms with Crippen LogP contribution in [0.1, 0.15) is 22.5 Å². The van der Waals surface area contributed by atoms with Crippen LogP contribution in [-0.2, 0) is 6.42 Å². The van der Waals surface area contributed by atoms with Crippen molar-refractivity contribution in [3.05, 3.63) is 51.9 Å². The molecule has 6 heteroatoms. The lowest BCUT2D eigenvalue weighted by molar-refractivity contribution is 0.102. The van der Waals surface area contributed by atoms with Gasteiger partial charge in [-0.2, -0.15) is 5.10 Å². The molecule has 0 radical (unpaired) electrons. The normalized spacial score (nSPS) is 13.7. The molecular weight excluding hydrogens is 268 g/mol. The smallest absolute Gasteiger partial charge is 0.276 e. The Morgan fingerprint density at radius 1 is 1.33 bits per heavy atom. The maximum absolute atomic E-state index is 12.1. The van der Waals surface area contributed by atoms with Crippen molar-refractivity contribution in [1.29, 1.82) is 0 Å². The highest BCUT2D eigenvalue weighted by atomic mass is 16.2. The highest BCUT2D eigenvalue weighted by Gasteiger charge is 2.15. The van der Waals surface area contributed by atoms with Crippen LogP contribution in [0.4, 0.5) is 11.4 Å². The van der Waals surface area contributed by atoms with Crippen LogP contribution >= 0.6 is 0 Å². The van der Waals surface area contributed by atoms with Crippen LogP contribution in [0.15, 0.2) is 35.1 Å². The minimum absolute atomic E-state index is 0.181. The first-order valence-electron chi connectivity index (χ1n) is 6.84. The third kappa shape index (κ3) is 2.79. The molecule has 1 amide bonds. The minimum atomic E-state index is -0.343. The van der Waals surface area contributed by atoms with E-state index in [-0.39, 0.29) is 17.2 Å². The van der Waals surface area contributed by atoms with E-state index in [2.05, 4.69) is 20.4 Å². The van der Waals surface area contributed by atoms with Crippen LogP contribution < -0.4 is 15.8 Å². The highest BCUT2D eigenvalue weighted by Crippen LogP contribution is 2.28. The number of hydrogen-bond acceptors (Lipinski definition) is 4. The number of anilines is 2. The summed E-state index contributed by atoms with van der Waals surface area (Å²) >= 11 is 0. The fourth-order valence-corrected chi connectivity index (χ4v) is 2.50. The monoisotopic (exact) mass is 284 g/mol. The van der Waals surface area contributed by atoms with Crippen molar-refractivity contribution < 1.29 is 4.79 Å². The summed E-state index contributed by atoms with van der Waals surface area (Å²) in [7, 11) is 2.05. The Bertz CT molecular complexity index is 718. The van der Waals surface area contributed by atoms with Crippen molar-refractivity contribution in [2.24, 2.45) is 0 Å². The molecule has 0 unspecified atom stereocenters.